The van der Waals surface area contributed by atoms with Gasteiger partial charge in [-0.25, -0.2) is 8.42 Å². The lowest BCUT2D eigenvalue weighted by molar-refractivity contribution is 0.363. The van der Waals surface area contributed by atoms with Crippen molar-refractivity contribution in [2.24, 2.45) is 0 Å². The van der Waals surface area contributed by atoms with E-state index in [2.05, 4.69) is 27.2 Å². The molecule has 0 saturated carbocycles. The lowest BCUT2D eigenvalue weighted by atomic mass is 10.2. The van der Waals surface area contributed by atoms with Crippen LogP contribution in [0.5, 0.6) is 5.75 Å². The minimum atomic E-state index is -3.64. The van der Waals surface area contributed by atoms with Gasteiger partial charge in [-0.2, -0.15) is 0 Å². The van der Waals surface area contributed by atoms with Crippen molar-refractivity contribution in [3.63, 3.8) is 0 Å². The second kappa shape index (κ2) is 6.98. The Morgan fingerprint density at radius 1 is 1.27 bits per heavy atom. The Labute approximate surface area is 139 Å². The molecular weight excluding hydrogens is 366 g/mol. The summed E-state index contributed by atoms with van der Waals surface area (Å²) in [6.45, 7) is 5.69. The first-order valence-electron chi connectivity index (χ1n) is 6.55. The molecule has 2 aromatic rings. The van der Waals surface area contributed by atoms with Gasteiger partial charge in [-0.3, -0.25) is 4.72 Å². The number of anilines is 1. The van der Waals surface area contributed by atoms with Crippen LogP contribution in [0.2, 0.25) is 0 Å². The quantitative estimate of drug-likeness (QED) is 0.765. The van der Waals surface area contributed by atoms with Crippen molar-refractivity contribution < 1.29 is 13.2 Å². The first-order valence-corrected chi connectivity index (χ1v) is 8.83. The number of ether oxygens (including phenoxy) is 1. The van der Waals surface area contributed by atoms with Crippen LogP contribution >= 0.6 is 15.9 Å². The van der Waals surface area contributed by atoms with Crippen LogP contribution in [0, 0.1) is 6.92 Å². The Hall–Kier alpha value is -1.79. The third kappa shape index (κ3) is 4.11. The third-order valence-electron chi connectivity index (χ3n) is 2.88. The van der Waals surface area contributed by atoms with Gasteiger partial charge in [0, 0.05) is 10.5 Å². The van der Waals surface area contributed by atoms with Gasteiger partial charge in [-0.15, -0.1) is 0 Å². The van der Waals surface area contributed by atoms with Crippen LogP contribution in [-0.2, 0) is 10.0 Å². The van der Waals surface area contributed by atoms with Crippen LogP contribution in [-0.4, -0.2) is 15.0 Å². The van der Waals surface area contributed by atoms with Crippen LogP contribution in [0.1, 0.15) is 5.56 Å². The lowest BCUT2D eigenvalue weighted by Crippen LogP contribution is -2.14. The first-order chi connectivity index (χ1) is 10.4. The predicted octanol–water partition coefficient (Wildman–Crippen LogP) is 4.12. The minimum Gasteiger partial charge on any atom is -0.489 e. The fourth-order valence-corrected chi connectivity index (χ4v) is 3.68. The van der Waals surface area contributed by atoms with E-state index in [0.717, 1.165) is 4.47 Å². The van der Waals surface area contributed by atoms with Crippen molar-refractivity contribution in [1.29, 1.82) is 0 Å². The van der Waals surface area contributed by atoms with E-state index in [1.165, 1.54) is 0 Å². The molecule has 0 aliphatic rings. The van der Waals surface area contributed by atoms with Crippen LogP contribution < -0.4 is 9.46 Å². The highest BCUT2D eigenvalue weighted by Gasteiger charge is 2.17. The van der Waals surface area contributed by atoms with Crippen LogP contribution in [0.15, 0.2) is 64.5 Å². The highest BCUT2D eigenvalue weighted by Crippen LogP contribution is 2.24. The van der Waals surface area contributed by atoms with Gasteiger partial charge in [0.15, 0.2) is 0 Å². The third-order valence-corrected chi connectivity index (χ3v) is 4.92. The molecule has 0 amide bonds. The minimum absolute atomic E-state index is 0.244. The van der Waals surface area contributed by atoms with Crippen LogP contribution in [0.3, 0.4) is 0 Å². The van der Waals surface area contributed by atoms with Crippen molar-refractivity contribution in [2.45, 2.75) is 11.8 Å². The molecule has 0 radical (unpaired) electrons. The fourth-order valence-electron chi connectivity index (χ4n) is 1.93. The molecular formula is C16H16BrNO3S. The molecule has 0 heterocycles. The monoisotopic (exact) mass is 381 g/mol. The van der Waals surface area contributed by atoms with E-state index >= 15 is 0 Å². The number of halogens is 1. The lowest BCUT2D eigenvalue weighted by Gasteiger charge is -2.12. The zero-order valence-corrected chi connectivity index (χ0v) is 14.4. The van der Waals surface area contributed by atoms with Gasteiger partial charge in [0.1, 0.15) is 12.4 Å². The number of hydrogen-bond donors (Lipinski definition) is 1. The summed E-state index contributed by atoms with van der Waals surface area (Å²) in [4.78, 5) is 0.244. The van der Waals surface area contributed by atoms with Crippen LogP contribution in [0.4, 0.5) is 5.69 Å². The molecule has 22 heavy (non-hydrogen) atoms. The molecule has 0 aliphatic carbocycles. The smallest absolute Gasteiger partial charge is 0.262 e. The Morgan fingerprint density at radius 3 is 2.73 bits per heavy atom. The maximum absolute atomic E-state index is 12.5. The number of nitrogens with one attached hydrogen (secondary N) is 1. The summed E-state index contributed by atoms with van der Waals surface area (Å²) in [5.74, 6) is 0.577. The standard InChI is InChI=1S/C16H16BrNO3S/c1-3-9-21-15-6-4-5-14(11-15)18-22(19,20)16-8-7-13(17)10-12(16)2/h3-8,10-11,18H,1,9H2,2H3. The molecule has 6 heteroatoms. The molecule has 0 atom stereocenters. The number of hydrogen-bond acceptors (Lipinski definition) is 3. The second-order valence-corrected chi connectivity index (χ2v) is 7.21. The zero-order chi connectivity index (χ0) is 16.2. The van der Waals surface area contributed by atoms with Crippen molar-refractivity contribution in [2.75, 3.05) is 11.3 Å². The summed E-state index contributed by atoms with van der Waals surface area (Å²) < 4.78 is 33.7. The number of benzene rings is 2. The van der Waals surface area contributed by atoms with Gasteiger partial charge in [0.05, 0.1) is 10.6 Å². The molecule has 2 rings (SSSR count). The summed E-state index contributed by atoms with van der Waals surface area (Å²) in [6, 6.07) is 11.8. The highest BCUT2D eigenvalue weighted by molar-refractivity contribution is 9.10. The molecule has 4 nitrogen and oxygen atoms in total. The first kappa shape index (κ1) is 16.6. The van der Waals surface area contributed by atoms with E-state index in [1.807, 2.05) is 0 Å². The summed E-state index contributed by atoms with van der Waals surface area (Å²) in [5.41, 5.74) is 1.12. The van der Waals surface area contributed by atoms with Gasteiger partial charge in [-0.1, -0.05) is 34.7 Å². The van der Waals surface area contributed by atoms with E-state index in [-0.39, 0.29) is 4.90 Å². The maximum atomic E-state index is 12.5. The summed E-state index contributed by atoms with van der Waals surface area (Å²) in [6.07, 6.45) is 1.63. The molecule has 0 aromatic heterocycles. The van der Waals surface area contributed by atoms with Crippen molar-refractivity contribution >= 4 is 31.6 Å². The van der Waals surface area contributed by atoms with Gasteiger partial charge in [-0.05, 0) is 42.8 Å². The number of rotatable bonds is 6. The van der Waals surface area contributed by atoms with E-state index in [1.54, 1.807) is 55.5 Å². The molecule has 2 aromatic carbocycles. The second-order valence-electron chi connectivity index (χ2n) is 4.64. The Balaban J connectivity index is 2.26. The van der Waals surface area contributed by atoms with E-state index in [4.69, 9.17) is 4.74 Å². The Bertz CT molecular complexity index is 788. The van der Waals surface area contributed by atoms with E-state index < -0.39 is 10.0 Å². The van der Waals surface area contributed by atoms with Crippen molar-refractivity contribution in [3.8, 4) is 5.75 Å². The molecule has 0 fully saturated rings. The highest BCUT2D eigenvalue weighted by atomic mass is 79.9. The van der Waals surface area contributed by atoms with Crippen LogP contribution in [0.25, 0.3) is 0 Å². The molecule has 0 spiro atoms. The average Bonchev–Trinajstić information content (AvgIpc) is 2.44. The Kier molecular flexibility index (Phi) is 5.26. The van der Waals surface area contributed by atoms with E-state index in [9.17, 15) is 8.42 Å². The topological polar surface area (TPSA) is 55.4 Å². The molecule has 1 N–H and O–H groups in total. The fraction of sp³-hybridized carbons (Fsp3) is 0.125. The molecule has 0 bridgehead atoms. The van der Waals surface area contributed by atoms with E-state index in [0.29, 0.717) is 23.6 Å². The predicted molar refractivity (Wildman–Crippen MR) is 91.8 cm³/mol. The number of aryl methyl sites for hydroxylation is 1. The maximum Gasteiger partial charge on any atom is 0.262 e. The zero-order valence-electron chi connectivity index (χ0n) is 12.0. The Morgan fingerprint density at radius 2 is 2.05 bits per heavy atom. The van der Waals surface area contributed by atoms with Gasteiger partial charge in [0.2, 0.25) is 0 Å². The molecule has 0 saturated heterocycles. The summed E-state index contributed by atoms with van der Waals surface area (Å²) >= 11 is 3.32. The molecule has 0 unspecified atom stereocenters. The van der Waals surface area contributed by atoms with Crippen molar-refractivity contribution in [1.82, 2.24) is 0 Å². The average molecular weight is 382 g/mol. The summed E-state index contributed by atoms with van der Waals surface area (Å²) in [7, 11) is -3.64. The van der Waals surface area contributed by atoms with Crippen molar-refractivity contribution in [3.05, 3.63) is 65.2 Å². The molecule has 116 valence electrons. The normalized spacial score (nSPS) is 11.0. The summed E-state index contributed by atoms with van der Waals surface area (Å²) in [5, 5.41) is 0. The SMILES string of the molecule is C=CCOc1cccc(NS(=O)(=O)c2ccc(Br)cc2C)c1. The number of sulfonamides is 1. The molecule has 0 aliphatic heterocycles. The van der Waals surface area contributed by atoms with Gasteiger partial charge in [0.25, 0.3) is 10.0 Å². The largest absolute Gasteiger partial charge is 0.489 e. The van der Waals surface area contributed by atoms with Gasteiger partial charge < -0.3 is 4.74 Å². The van der Waals surface area contributed by atoms with Gasteiger partial charge >= 0.3 is 0 Å².